The van der Waals surface area contributed by atoms with Crippen molar-refractivity contribution in [3.8, 4) is 0 Å². The zero-order valence-electron chi connectivity index (χ0n) is 6.42. The van der Waals surface area contributed by atoms with Crippen molar-refractivity contribution in [2.24, 2.45) is 17.3 Å². The fourth-order valence-corrected chi connectivity index (χ4v) is 2.09. The SMILES string of the molecule is CC1(C)C(=O)[C@@H]2C=C[C@H]1C2. The van der Waals surface area contributed by atoms with Crippen molar-refractivity contribution in [2.45, 2.75) is 20.3 Å². The largest absolute Gasteiger partial charge is 0.298 e. The molecule has 0 aromatic rings. The summed E-state index contributed by atoms with van der Waals surface area (Å²) in [5.74, 6) is 1.24. The number of hydrogen-bond acceptors (Lipinski definition) is 1. The van der Waals surface area contributed by atoms with Crippen molar-refractivity contribution in [2.75, 3.05) is 0 Å². The summed E-state index contributed by atoms with van der Waals surface area (Å²) < 4.78 is 0. The van der Waals surface area contributed by atoms with Gasteiger partial charge in [0.05, 0.1) is 0 Å². The van der Waals surface area contributed by atoms with Gasteiger partial charge in [-0.3, -0.25) is 4.79 Å². The Balaban J connectivity index is 2.44. The first kappa shape index (κ1) is 6.14. The third-order valence-electron chi connectivity index (χ3n) is 2.98. The number of carbonyl (C=O) groups excluding carboxylic acids is 1. The highest BCUT2D eigenvalue weighted by Gasteiger charge is 2.49. The topological polar surface area (TPSA) is 17.1 Å². The van der Waals surface area contributed by atoms with Crippen LogP contribution in [0.5, 0.6) is 0 Å². The summed E-state index contributed by atoms with van der Waals surface area (Å²) in [5.41, 5.74) is -0.0561. The standard InChI is InChI=1S/C9H12O/c1-9(2)7-4-3-6(5-7)8(9)10/h3-4,6-7H,5H2,1-2H3/t6-,7+/m1/s1. The number of fused-ring (bicyclic) bond motifs is 2. The maximum absolute atomic E-state index is 11.4. The Bertz CT molecular complexity index is 213. The zero-order chi connectivity index (χ0) is 7.35. The highest BCUT2D eigenvalue weighted by Crippen LogP contribution is 2.48. The van der Waals surface area contributed by atoms with Crippen molar-refractivity contribution in [3.63, 3.8) is 0 Å². The lowest BCUT2D eigenvalue weighted by Gasteiger charge is -2.23. The van der Waals surface area contributed by atoms with Gasteiger partial charge in [0, 0.05) is 11.3 Å². The fraction of sp³-hybridized carbons (Fsp3) is 0.667. The molecule has 1 fully saturated rings. The molecule has 0 amide bonds. The molecule has 10 heavy (non-hydrogen) atoms. The first-order valence-electron chi connectivity index (χ1n) is 3.85. The summed E-state index contributed by atoms with van der Waals surface area (Å²) in [6.45, 7) is 4.12. The summed E-state index contributed by atoms with van der Waals surface area (Å²) in [5, 5.41) is 0. The molecule has 0 radical (unpaired) electrons. The molecule has 2 aliphatic carbocycles. The van der Waals surface area contributed by atoms with Crippen LogP contribution in [0.15, 0.2) is 12.2 Å². The monoisotopic (exact) mass is 136 g/mol. The van der Waals surface area contributed by atoms with E-state index in [0.29, 0.717) is 11.7 Å². The van der Waals surface area contributed by atoms with E-state index in [1.165, 1.54) is 0 Å². The molecular weight excluding hydrogens is 124 g/mol. The molecule has 0 spiro atoms. The molecule has 2 bridgehead atoms. The van der Waals surface area contributed by atoms with Crippen LogP contribution in [0.2, 0.25) is 0 Å². The molecule has 0 N–H and O–H groups in total. The molecule has 2 atom stereocenters. The van der Waals surface area contributed by atoms with E-state index >= 15 is 0 Å². The summed E-state index contributed by atoms with van der Waals surface area (Å²) in [6.07, 6.45) is 5.34. The molecule has 0 heterocycles. The third-order valence-corrected chi connectivity index (χ3v) is 2.98. The summed E-state index contributed by atoms with van der Waals surface area (Å²) in [4.78, 5) is 11.4. The van der Waals surface area contributed by atoms with E-state index in [0.717, 1.165) is 6.42 Å². The highest BCUT2D eigenvalue weighted by atomic mass is 16.1. The summed E-state index contributed by atoms with van der Waals surface area (Å²) >= 11 is 0. The number of ketones is 1. The van der Waals surface area contributed by atoms with E-state index in [1.807, 2.05) is 0 Å². The Kier molecular flexibility index (Phi) is 0.936. The van der Waals surface area contributed by atoms with Crippen molar-refractivity contribution >= 4 is 5.78 Å². The smallest absolute Gasteiger partial charge is 0.145 e. The Morgan fingerprint density at radius 2 is 2.20 bits per heavy atom. The minimum atomic E-state index is -0.0561. The second kappa shape index (κ2) is 1.52. The van der Waals surface area contributed by atoms with E-state index in [1.54, 1.807) is 0 Å². The Morgan fingerprint density at radius 3 is 2.50 bits per heavy atom. The van der Waals surface area contributed by atoms with Gasteiger partial charge < -0.3 is 0 Å². The van der Waals surface area contributed by atoms with Crippen molar-refractivity contribution in [1.29, 1.82) is 0 Å². The average molecular weight is 136 g/mol. The van der Waals surface area contributed by atoms with Crippen LogP contribution in [0.4, 0.5) is 0 Å². The average Bonchev–Trinajstić information content (AvgIpc) is 2.37. The van der Waals surface area contributed by atoms with Gasteiger partial charge in [0.25, 0.3) is 0 Å². The lowest BCUT2D eigenvalue weighted by atomic mass is 9.79. The second-order valence-electron chi connectivity index (χ2n) is 3.92. The third kappa shape index (κ3) is 0.511. The lowest BCUT2D eigenvalue weighted by Crippen LogP contribution is -2.27. The van der Waals surface area contributed by atoms with E-state index in [9.17, 15) is 4.79 Å². The second-order valence-corrected chi connectivity index (χ2v) is 3.92. The molecular formula is C9H12O. The minimum absolute atomic E-state index is 0.0561. The molecule has 54 valence electrons. The maximum Gasteiger partial charge on any atom is 0.145 e. The number of rotatable bonds is 0. The van der Waals surface area contributed by atoms with Gasteiger partial charge in [-0.15, -0.1) is 0 Å². The summed E-state index contributed by atoms with van der Waals surface area (Å²) in [7, 11) is 0. The number of allylic oxidation sites excluding steroid dienone is 2. The Labute approximate surface area is 61.1 Å². The van der Waals surface area contributed by atoms with Crippen LogP contribution in [-0.4, -0.2) is 5.78 Å². The van der Waals surface area contributed by atoms with Crippen molar-refractivity contribution in [1.82, 2.24) is 0 Å². The molecule has 0 aliphatic heterocycles. The van der Waals surface area contributed by atoms with Crippen LogP contribution in [-0.2, 0) is 4.79 Å². The molecule has 0 unspecified atom stereocenters. The Morgan fingerprint density at radius 1 is 1.50 bits per heavy atom. The van der Waals surface area contributed by atoms with Gasteiger partial charge in [-0.1, -0.05) is 26.0 Å². The molecule has 1 nitrogen and oxygen atoms in total. The molecule has 2 rings (SSSR count). The van der Waals surface area contributed by atoms with E-state index in [2.05, 4.69) is 26.0 Å². The quantitative estimate of drug-likeness (QED) is 0.464. The molecule has 1 saturated carbocycles. The van der Waals surface area contributed by atoms with Gasteiger partial charge in [-0.25, -0.2) is 0 Å². The van der Waals surface area contributed by atoms with Crippen molar-refractivity contribution in [3.05, 3.63) is 12.2 Å². The maximum atomic E-state index is 11.4. The van der Waals surface area contributed by atoms with Gasteiger partial charge in [0.2, 0.25) is 0 Å². The van der Waals surface area contributed by atoms with Crippen LogP contribution in [0.25, 0.3) is 0 Å². The highest BCUT2D eigenvalue weighted by molar-refractivity contribution is 5.92. The van der Waals surface area contributed by atoms with Crippen LogP contribution in [0.3, 0.4) is 0 Å². The van der Waals surface area contributed by atoms with E-state index in [-0.39, 0.29) is 11.3 Å². The Hall–Kier alpha value is -0.590. The van der Waals surface area contributed by atoms with Crippen molar-refractivity contribution < 1.29 is 4.79 Å². The van der Waals surface area contributed by atoms with Gasteiger partial charge in [-0.2, -0.15) is 0 Å². The lowest BCUT2D eigenvalue weighted by molar-refractivity contribution is -0.127. The molecule has 0 saturated heterocycles. The predicted octanol–water partition coefficient (Wildman–Crippen LogP) is 1.79. The molecule has 0 aromatic carbocycles. The normalized spacial score (nSPS) is 41.2. The first-order chi connectivity index (χ1) is 4.62. The van der Waals surface area contributed by atoms with Crippen LogP contribution in [0.1, 0.15) is 20.3 Å². The van der Waals surface area contributed by atoms with Crippen LogP contribution < -0.4 is 0 Å². The van der Waals surface area contributed by atoms with Gasteiger partial charge in [0.1, 0.15) is 5.78 Å². The fourth-order valence-electron chi connectivity index (χ4n) is 2.09. The molecule has 2 aliphatic rings. The van der Waals surface area contributed by atoms with E-state index in [4.69, 9.17) is 0 Å². The summed E-state index contributed by atoms with van der Waals surface area (Å²) in [6, 6.07) is 0. The van der Waals surface area contributed by atoms with Crippen LogP contribution >= 0.6 is 0 Å². The van der Waals surface area contributed by atoms with Gasteiger partial charge >= 0.3 is 0 Å². The minimum Gasteiger partial charge on any atom is -0.298 e. The predicted molar refractivity (Wildman–Crippen MR) is 39.5 cm³/mol. The molecule has 1 heteroatoms. The van der Waals surface area contributed by atoms with Gasteiger partial charge in [0.15, 0.2) is 0 Å². The van der Waals surface area contributed by atoms with Crippen LogP contribution in [0, 0.1) is 17.3 Å². The number of carbonyl (C=O) groups is 1. The number of hydrogen-bond donors (Lipinski definition) is 0. The first-order valence-corrected chi connectivity index (χ1v) is 3.85. The number of Topliss-reactive ketones (excluding diaryl/α,β-unsaturated/α-hetero) is 1. The zero-order valence-corrected chi connectivity index (χ0v) is 6.42. The van der Waals surface area contributed by atoms with E-state index < -0.39 is 0 Å². The molecule has 0 aromatic heterocycles. The van der Waals surface area contributed by atoms with Gasteiger partial charge in [-0.05, 0) is 12.3 Å².